The molecule has 2 heterocycles. The van der Waals surface area contributed by atoms with Gasteiger partial charge in [-0.15, -0.1) is 0 Å². The fraction of sp³-hybridized carbons (Fsp3) is 0.533. The Bertz CT molecular complexity index is 581. The molecule has 0 aliphatic carbocycles. The third-order valence-electron chi connectivity index (χ3n) is 4.11. The highest BCUT2D eigenvalue weighted by molar-refractivity contribution is 5.81. The molecular weight excluding hydrogens is 236 g/mol. The quantitative estimate of drug-likeness (QED) is 0.920. The van der Waals surface area contributed by atoms with E-state index in [4.69, 9.17) is 5.73 Å². The van der Waals surface area contributed by atoms with Crippen LogP contribution in [-0.4, -0.2) is 34.1 Å². The van der Waals surface area contributed by atoms with Crippen LogP contribution in [-0.2, 0) is 0 Å². The summed E-state index contributed by atoms with van der Waals surface area (Å²) in [5, 5.41) is 0. The predicted octanol–water partition coefficient (Wildman–Crippen LogP) is 2.58. The van der Waals surface area contributed by atoms with Crippen molar-refractivity contribution in [3.8, 4) is 0 Å². The first kappa shape index (κ1) is 12.5. The zero-order chi connectivity index (χ0) is 13.4. The van der Waals surface area contributed by atoms with E-state index in [1.807, 2.05) is 0 Å². The summed E-state index contributed by atoms with van der Waals surface area (Å²) in [6.45, 7) is 7.82. The monoisotopic (exact) mass is 258 g/mol. The Hall–Kier alpha value is -1.55. The molecule has 4 heteroatoms. The number of anilines is 1. The fourth-order valence-corrected chi connectivity index (χ4v) is 3.16. The van der Waals surface area contributed by atoms with Crippen molar-refractivity contribution in [2.45, 2.75) is 32.7 Å². The van der Waals surface area contributed by atoms with E-state index in [-0.39, 0.29) is 0 Å². The molecule has 0 saturated carbocycles. The first-order chi connectivity index (χ1) is 9.16. The van der Waals surface area contributed by atoms with Crippen LogP contribution in [0.5, 0.6) is 0 Å². The molecule has 1 aliphatic heterocycles. The van der Waals surface area contributed by atoms with E-state index >= 15 is 0 Å². The topological polar surface area (TPSA) is 47.1 Å². The molecule has 1 aromatic carbocycles. The number of fused-ring (bicyclic) bond motifs is 1. The number of para-hydroxylation sites is 1. The lowest BCUT2D eigenvalue weighted by atomic mass is 10.2. The molecule has 0 spiro atoms. The van der Waals surface area contributed by atoms with Gasteiger partial charge in [0.15, 0.2) is 0 Å². The SMILES string of the molecule is Cc1cccc2c1nc(N)n2C(C)CN1CCCC1. The Morgan fingerprint density at radius 1 is 1.32 bits per heavy atom. The maximum Gasteiger partial charge on any atom is 0.201 e. The van der Waals surface area contributed by atoms with Crippen LogP contribution in [0.25, 0.3) is 11.0 Å². The molecule has 1 saturated heterocycles. The molecule has 102 valence electrons. The fourth-order valence-electron chi connectivity index (χ4n) is 3.16. The summed E-state index contributed by atoms with van der Waals surface area (Å²) >= 11 is 0. The van der Waals surface area contributed by atoms with E-state index in [0.29, 0.717) is 12.0 Å². The molecule has 1 aliphatic rings. The van der Waals surface area contributed by atoms with Gasteiger partial charge < -0.3 is 15.2 Å². The Labute approximate surface area is 114 Å². The number of nitrogen functional groups attached to an aromatic ring is 1. The van der Waals surface area contributed by atoms with Crippen molar-refractivity contribution in [3.05, 3.63) is 23.8 Å². The van der Waals surface area contributed by atoms with Gasteiger partial charge in [-0.1, -0.05) is 12.1 Å². The average molecular weight is 258 g/mol. The van der Waals surface area contributed by atoms with Gasteiger partial charge >= 0.3 is 0 Å². The lowest BCUT2D eigenvalue weighted by Gasteiger charge is -2.22. The van der Waals surface area contributed by atoms with Gasteiger partial charge in [-0.2, -0.15) is 0 Å². The lowest BCUT2D eigenvalue weighted by Crippen LogP contribution is -2.27. The Morgan fingerprint density at radius 3 is 2.79 bits per heavy atom. The highest BCUT2D eigenvalue weighted by Gasteiger charge is 2.19. The molecule has 1 fully saturated rings. The number of nitrogens with two attached hydrogens (primary N) is 1. The summed E-state index contributed by atoms with van der Waals surface area (Å²) in [7, 11) is 0. The Balaban J connectivity index is 1.94. The second-order valence-electron chi connectivity index (χ2n) is 5.64. The molecule has 0 radical (unpaired) electrons. The molecule has 1 aromatic heterocycles. The molecule has 4 nitrogen and oxygen atoms in total. The third kappa shape index (κ3) is 2.21. The molecular formula is C15H22N4. The lowest BCUT2D eigenvalue weighted by molar-refractivity contribution is 0.291. The first-order valence-corrected chi connectivity index (χ1v) is 7.12. The van der Waals surface area contributed by atoms with E-state index in [2.05, 4.69) is 46.5 Å². The predicted molar refractivity (Wildman–Crippen MR) is 79.3 cm³/mol. The minimum absolute atomic E-state index is 0.366. The molecule has 1 atom stereocenters. The molecule has 2 N–H and O–H groups in total. The maximum absolute atomic E-state index is 6.13. The van der Waals surface area contributed by atoms with Crippen LogP contribution in [0.2, 0.25) is 0 Å². The average Bonchev–Trinajstić information content (AvgIpc) is 2.96. The Kier molecular flexibility index (Phi) is 3.19. The zero-order valence-corrected chi connectivity index (χ0v) is 11.8. The summed E-state index contributed by atoms with van der Waals surface area (Å²) in [5.41, 5.74) is 9.51. The summed E-state index contributed by atoms with van der Waals surface area (Å²) in [4.78, 5) is 7.05. The van der Waals surface area contributed by atoms with E-state index in [1.165, 1.54) is 31.5 Å². The van der Waals surface area contributed by atoms with Crippen molar-refractivity contribution in [3.63, 3.8) is 0 Å². The molecule has 0 bridgehead atoms. The number of benzene rings is 1. The van der Waals surface area contributed by atoms with Crippen LogP contribution < -0.4 is 5.73 Å². The van der Waals surface area contributed by atoms with Gasteiger partial charge in [0.25, 0.3) is 0 Å². The van der Waals surface area contributed by atoms with Crippen LogP contribution in [0.3, 0.4) is 0 Å². The molecule has 0 amide bonds. The van der Waals surface area contributed by atoms with Gasteiger partial charge in [0.1, 0.15) is 0 Å². The number of hydrogen-bond donors (Lipinski definition) is 1. The summed E-state index contributed by atoms with van der Waals surface area (Å²) in [6.07, 6.45) is 2.65. The summed E-state index contributed by atoms with van der Waals surface area (Å²) < 4.78 is 2.18. The smallest absolute Gasteiger partial charge is 0.201 e. The van der Waals surface area contributed by atoms with E-state index in [9.17, 15) is 0 Å². The molecule has 2 aromatic rings. The van der Waals surface area contributed by atoms with Crippen LogP contribution in [0, 0.1) is 6.92 Å². The number of aromatic nitrogens is 2. The van der Waals surface area contributed by atoms with E-state index < -0.39 is 0 Å². The Morgan fingerprint density at radius 2 is 2.05 bits per heavy atom. The van der Waals surface area contributed by atoms with Gasteiger partial charge in [-0.05, 0) is 51.4 Å². The number of imidazole rings is 1. The first-order valence-electron chi connectivity index (χ1n) is 7.12. The largest absolute Gasteiger partial charge is 0.369 e. The number of aryl methyl sites for hydroxylation is 1. The van der Waals surface area contributed by atoms with Crippen LogP contribution >= 0.6 is 0 Å². The van der Waals surface area contributed by atoms with Crippen LogP contribution in [0.4, 0.5) is 5.95 Å². The van der Waals surface area contributed by atoms with Gasteiger partial charge in [0.05, 0.1) is 11.0 Å². The van der Waals surface area contributed by atoms with E-state index in [0.717, 1.165) is 17.6 Å². The molecule has 1 unspecified atom stereocenters. The van der Waals surface area contributed by atoms with Gasteiger partial charge in [0.2, 0.25) is 5.95 Å². The standard InChI is InChI=1S/C15H22N4/c1-11-6-5-7-13-14(11)17-15(16)19(13)12(2)10-18-8-3-4-9-18/h5-7,12H,3-4,8-10H2,1-2H3,(H2,16,17). The van der Waals surface area contributed by atoms with Crippen molar-refractivity contribution in [1.29, 1.82) is 0 Å². The number of likely N-dealkylation sites (tertiary alicyclic amines) is 1. The zero-order valence-electron chi connectivity index (χ0n) is 11.8. The van der Waals surface area contributed by atoms with Crippen molar-refractivity contribution in [2.75, 3.05) is 25.4 Å². The van der Waals surface area contributed by atoms with Crippen LogP contribution in [0.1, 0.15) is 31.4 Å². The second kappa shape index (κ2) is 4.85. The van der Waals surface area contributed by atoms with Gasteiger partial charge in [-0.25, -0.2) is 4.98 Å². The van der Waals surface area contributed by atoms with Crippen molar-refractivity contribution >= 4 is 17.0 Å². The highest BCUT2D eigenvalue weighted by Crippen LogP contribution is 2.26. The van der Waals surface area contributed by atoms with Crippen molar-refractivity contribution < 1.29 is 0 Å². The maximum atomic E-state index is 6.13. The second-order valence-corrected chi connectivity index (χ2v) is 5.64. The molecule has 19 heavy (non-hydrogen) atoms. The summed E-state index contributed by atoms with van der Waals surface area (Å²) in [5.74, 6) is 0.635. The van der Waals surface area contributed by atoms with E-state index in [1.54, 1.807) is 0 Å². The summed E-state index contributed by atoms with van der Waals surface area (Å²) in [6, 6.07) is 6.65. The van der Waals surface area contributed by atoms with Crippen molar-refractivity contribution in [1.82, 2.24) is 14.5 Å². The number of hydrogen-bond acceptors (Lipinski definition) is 3. The number of nitrogens with zero attached hydrogens (tertiary/aromatic N) is 3. The van der Waals surface area contributed by atoms with Gasteiger partial charge in [0, 0.05) is 12.6 Å². The number of rotatable bonds is 3. The highest BCUT2D eigenvalue weighted by atomic mass is 15.2. The normalized spacial score (nSPS) is 18.2. The third-order valence-corrected chi connectivity index (χ3v) is 4.11. The minimum Gasteiger partial charge on any atom is -0.369 e. The van der Waals surface area contributed by atoms with Crippen LogP contribution in [0.15, 0.2) is 18.2 Å². The van der Waals surface area contributed by atoms with Crippen molar-refractivity contribution in [2.24, 2.45) is 0 Å². The van der Waals surface area contributed by atoms with Gasteiger partial charge in [-0.3, -0.25) is 0 Å². The minimum atomic E-state index is 0.366. The molecule has 3 rings (SSSR count).